The predicted octanol–water partition coefficient (Wildman–Crippen LogP) is 1.57. The van der Waals surface area contributed by atoms with Crippen LogP contribution in [0.1, 0.15) is 39.5 Å². The summed E-state index contributed by atoms with van der Waals surface area (Å²) in [5.41, 5.74) is 0.826. The Morgan fingerprint density at radius 1 is 1.06 bits per heavy atom. The van der Waals surface area contributed by atoms with E-state index in [4.69, 9.17) is 11.6 Å². The van der Waals surface area contributed by atoms with Crippen LogP contribution in [-0.2, 0) is 14.4 Å². The Hall–Kier alpha value is -2.85. The minimum Gasteiger partial charge on any atom is -0.362 e. The molecule has 0 saturated heterocycles. The number of hydrogen-bond donors (Lipinski definition) is 6. The molecule has 0 bridgehead atoms. The molecule has 1 aromatic rings. The standard InChI is InChI=1S/C23H32ClFN6O3/c1-13(2)26-9-10-27-22(33)19-20(29-12-28-19)23(34)30-16-6-3-14(4-7-16)21(32)31-18-8-5-15(25)11-17(18)24/h5,8,11,13-14,16,26,28-29H,3-4,6-7,9-10,12H2,1-2H3,(H,27,33)(H,30,34)(H,31,32). The lowest BCUT2D eigenvalue weighted by molar-refractivity contribution is -0.122. The summed E-state index contributed by atoms with van der Waals surface area (Å²) in [5, 5.41) is 17.7. The van der Waals surface area contributed by atoms with E-state index in [-0.39, 0.29) is 46.1 Å². The topological polar surface area (TPSA) is 123 Å². The molecule has 1 heterocycles. The summed E-state index contributed by atoms with van der Waals surface area (Å²) >= 11 is 5.99. The first-order chi connectivity index (χ1) is 16.2. The normalized spacial score (nSPS) is 19.9. The van der Waals surface area contributed by atoms with E-state index in [0.717, 1.165) is 6.07 Å². The molecule has 11 heteroatoms. The van der Waals surface area contributed by atoms with Gasteiger partial charge in [0.1, 0.15) is 17.2 Å². The van der Waals surface area contributed by atoms with Crippen LogP contribution < -0.4 is 31.9 Å². The maximum Gasteiger partial charge on any atom is 0.269 e. The van der Waals surface area contributed by atoms with E-state index in [1.807, 2.05) is 13.8 Å². The van der Waals surface area contributed by atoms with Crippen molar-refractivity contribution < 1.29 is 18.8 Å². The lowest BCUT2D eigenvalue weighted by Gasteiger charge is -2.28. The van der Waals surface area contributed by atoms with Crippen LogP contribution in [-0.4, -0.2) is 49.6 Å². The number of carbonyl (C=O) groups is 3. The van der Waals surface area contributed by atoms with Crippen molar-refractivity contribution in [2.24, 2.45) is 5.92 Å². The Kier molecular flexibility index (Phi) is 9.12. The highest BCUT2D eigenvalue weighted by Gasteiger charge is 2.30. The van der Waals surface area contributed by atoms with Gasteiger partial charge in [-0.25, -0.2) is 4.39 Å². The molecule has 1 fully saturated rings. The van der Waals surface area contributed by atoms with Crippen LogP contribution in [0, 0.1) is 11.7 Å². The first-order valence-corrected chi connectivity index (χ1v) is 11.9. The van der Waals surface area contributed by atoms with E-state index in [2.05, 4.69) is 31.9 Å². The van der Waals surface area contributed by atoms with Gasteiger partial charge >= 0.3 is 0 Å². The SMILES string of the molecule is CC(C)NCCNC(=O)C1=C(C(=O)NC2CCC(C(=O)Nc3ccc(F)cc3Cl)CC2)NCN1. The minimum atomic E-state index is -0.468. The number of benzene rings is 1. The summed E-state index contributed by atoms with van der Waals surface area (Å²) in [4.78, 5) is 37.8. The lowest BCUT2D eigenvalue weighted by atomic mass is 9.85. The highest BCUT2D eigenvalue weighted by atomic mass is 35.5. The summed E-state index contributed by atoms with van der Waals surface area (Å²) < 4.78 is 13.2. The zero-order valence-electron chi connectivity index (χ0n) is 19.4. The first-order valence-electron chi connectivity index (χ1n) is 11.5. The highest BCUT2D eigenvalue weighted by molar-refractivity contribution is 6.33. The van der Waals surface area contributed by atoms with Gasteiger partial charge in [-0.2, -0.15) is 0 Å². The highest BCUT2D eigenvalue weighted by Crippen LogP contribution is 2.28. The molecule has 0 atom stereocenters. The van der Waals surface area contributed by atoms with Gasteiger partial charge in [0, 0.05) is 31.1 Å². The van der Waals surface area contributed by atoms with Gasteiger partial charge in [0.25, 0.3) is 11.8 Å². The van der Waals surface area contributed by atoms with Crippen LogP contribution in [0.25, 0.3) is 0 Å². The summed E-state index contributed by atoms with van der Waals surface area (Å²) in [5.74, 6) is -1.54. The van der Waals surface area contributed by atoms with Crippen molar-refractivity contribution in [3.8, 4) is 0 Å². The Morgan fingerprint density at radius 3 is 2.38 bits per heavy atom. The third-order valence-corrected chi connectivity index (χ3v) is 6.13. The van der Waals surface area contributed by atoms with Crippen LogP contribution in [0.5, 0.6) is 0 Å². The molecular weight excluding hydrogens is 463 g/mol. The van der Waals surface area contributed by atoms with Crippen LogP contribution in [0.3, 0.4) is 0 Å². The summed E-state index contributed by atoms with van der Waals surface area (Å²) in [6, 6.07) is 4.06. The second-order valence-corrected chi connectivity index (χ2v) is 9.19. The first kappa shape index (κ1) is 25.8. The Labute approximate surface area is 203 Å². The maximum atomic E-state index is 13.2. The Morgan fingerprint density at radius 2 is 1.74 bits per heavy atom. The monoisotopic (exact) mass is 494 g/mol. The summed E-state index contributed by atoms with van der Waals surface area (Å²) in [6.07, 6.45) is 2.45. The molecule has 186 valence electrons. The zero-order valence-corrected chi connectivity index (χ0v) is 20.2. The number of amides is 3. The van der Waals surface area contributed by atoms with Gasteiger partial charge in [-0.05, 0) is 43.9 Å². The molecule has 2 aliphatic rings. The van der Waals surface area contributed by atoms with E-state index in [9.17, 15) is 18.8 Å². The molecule has 34 heavy (non-hydrogen) atoms. The smallest absolute Gasteiger partial charge is 0.269 e. The van der Waals surface area contributed by atoms with Crippen molar-refractivity contribution in [2.45, 2.75) is 51.6 Å². The molecule has 0 unspecified atom stereocenters. The van der Waals surface area contributed by atoms with Gasteiger partial charge in [-0.15, -0.1) is 0 Å². The molecule has 0 aromatic heterocycles. The van der Waals surface area contributed by atoms with Crippen LogP contribution >= 0.6 is 11.6 Å². The molecule has 3 rings (SSSR count). The van der Waals surface area contributed by atoms with E-state index in [0.29, 0.717) is 57.2 Å². The minimum absolute atomic E-state index is 0.0968. The third kappa shape index (κ3) is 7.07. The Bertz CT molecular complexity index is 947. The van der Waals surface area contributed by atoms with E-state index in [1.54, 1.807) is 0 Å². The molecule has 1 aromatic carbocycles. The molecule has 1 aliphatic heterocycles. The maximum absolute atomic E-state index is 13.2. The largest absolute Gasteiger partial charge is 0.362 e. The van der Waals surface area contributed by atoms with Crippen molar-refractivity contribution in [2.75, 3.05) is 25.1 Å². The van der Waals surface area contributed by atoms with Crippen molar-refractivity contribution in [3.05, 3.63) is 40.4 Å². The molecule has 1 aliphatic carbocycles. The number of nitrogens with one attached hydrogen (secondary N) is 6. The zero-order chi connectivity index (χ0) is 24.7. The average Bonchev–Trinajstić information content (AvgIpc) is 3.29. The number of carbonyl (C=O) groups excluding carboxylic acids is 3. The molecule has 0 spiro atoms. The van der Waals surface area contributed by atoms with Gasteiger partial charge < -0.3 is 31.9 Å². The number of halogens is 2. The summed E-state index contributed by atoms with van der Waals surface area (Å²) in [6.45, 7) is 5.43. The van der Waals surface area contributed by atoms with Crippen molar-refractivity contribution in [1.29, 1.82) is 0 Å². The van der Waals surface area contributed by atoms with Gasteiger partial charge in [0.05, 0.1) is 17.4 Å². The number of anilines is 1. The second kappa shape index (κ2) is 12.0. The fourth-order valence-corrected chi connectivity index (χ4v) is 4.21. The molecule has 9 nitrogen and oxygen atoms in total. The quantitative estimate of drug-likeness (QED) is 0.290. The molecular formula is C23H32ClFN6O3. The van der Waals surface area contributed by atoms with Crippen molar-refractivity contribution in [1.82, 2.24) is 26.6 Å². The molecule has 6 N–H and O–H groups in total. The van der Waals surface area contributed by atoms with Crippen molar-refractivity contribution >= 4 is 35.0 Å². The fourth-order valence-electron chi connectivity index (χ4n) is 3.99. The van der Waals surface area contributed by atoms with E-state index < -0.39 is 5.82 Å². The average molecular weight is 495 g/mol. The van der Waals surface area contributed by atoms with E-state index in [1.165, 1.54) is 12.1 Å². The van der Waals surface area contributed by atoms with Gasteiger partial charge in [-0.3, -0.25) is 14.4 Å². The number of hydrogen-bond acceptors (Lipinski definition) is 6. The second-order valence-electron chi connectivity index (χ2n) is 8.78. The lowest BCUT2D eigenvalue weighted by Crippen LogP contribution is -2.42. The molecule has 1 saturated carbocycles. The summed E-state index contributed by atoms with van der Waals surface area (Å²) in [7, 11) is 0. The molecule has 3 amide bonds. The van der Waals surface area contributed by atoms with Gasteiger partial charge in [0.15, 0.2) is 0 Å². The van der Waals surface area contributed by atoms with Crippen LogP contribution in [0.15, 0.2) is 29.6 Å². The van der Waals surface area contributed by atoms with Crippen molar-refractivity contribution in [3.63, 3.8) is 0 Å². The van der Waals surface area contributed by atoms with Crippen LogP contribution in [0.2, 0.25) is 5.02 Å². The van der Waals surface area contributed by atoms with Gasteiger partial charge in [-0.1, -0.05) is 25.4 Å². The molecule has 0 radical (unpaired) electrons. The fraction of sp³-hybridized carbons (Fsp3) is 0.522. The van der Waals surface area contributed by atoms with Crippen LogP contribution in [0.4, 0.5) is 10.1 Å². The Balaban J connectivity index is 1.47. The number of rotatable bonds is 9. The predicted molar refractivity (Wildman–Crippen MR) is 128 cm³/mol. The van der Waals surface area contributed by atoms with Gasteiger partial charge in [0.2, 0.25) is 5.91 Å². The third-order valence-electron chi connectivity index (χ3n) is 5.82. The van der Waals surface area contributed by atoms with E-state index >= 15 is 0 Å².